The van der Waals surface area contributed by atoms with Crippen LogP contribution in [0.4, 0.5) is 8.78 Å². The summed E-state index contributed by atoms with van der Waals surface area (Å²) in [5, 5.41) is 0. The lowest BCUT2D eigenvalue weighted by atomic mass is 10.2. The molecule has 0 atom stereocenters. The highest BCUT2D eigenvalue weighted by Gasteiger charge is 2.06. The van der Waals surface area contributed by atoms with Crippen LogP contribution in [0.15, 0.2) is 36.5 Å². The van der Waals surface area contributed by atoms with Crippen molar-refractivity contribution in [2.75, 3.05) is 0 Å². The van der Waals surface area contributed by atoms with Crippen molar-refractivity contribution in [2.24, 2.45) is 5.73 Å². The molecule has 0 amide bonds. The zero-order valence-corrected chi connectivity index (χ0v) is 10.6. The van der Waals surface area contributed by atoms with Crippen LogP contribution in [-0.4, -0.2) is 9.97 Å². The maximum absolute atomic E-state index is 13.3. The number of thiocarbonyl (C=S) groups is 1. The van der Waals surface area contributed by atoms with Crippen LogP contribution in [0.2, 0.25) is 0 Å². The van der Waals surface area contributed by atoms with Gasteiger partial charge in [0, 0.05) is 12.3 Å². The Bertz CT molecular complexity index is 619. The molecule has 1 heterocycles. The van der Waals surface area contributed by atoms with Crippen molar-refractivity contribution < 1.29 is 13.5 Å². The van der Waals surface area contributed by atoms with Crippen molar-refractivity contribution in [3.05, 3.63) is 59.4 Å². The van der Waals surface area contributed by atoms with E-state index in [1.165, 1.54) is 12.3 Å². The number of nitrogens with zero attached hydrogens (tertiary/aromatic N) is 1. The van der Waals surface area contributed by atoms with Gasteiger partial charge in [-0.3, -0.25) is 4.98 Å². The van der Waals surface area contributed by atoms with E-state index in [-0.39, 0.29) is 17.3 Å². The van der Waals surface area contributed by atoms with Gasteiger partial charge >= 0.3 is 0 Å². The van der Waals surface area contributed by atoms with E-state index >= 15 is 0 Å². The van der Waals surface area contributed by atoms with Crippen LogP contribution in [0.1, 0.15) is 11.3 Å². The van der Waals surface area contributed by atoms with Gasteiger partial charge in [-0.2, -0.15) is 0 Å². The Labute approximate surface area is 114 Å². The monoisotopic (exact) mass is 280 g/mol. The van der Waals surface area contributed by atoms with Gasteiger partial charge in [-0.1, -0.05) is 12.2 Å². The van der Waals surface area contributed by atoms with Crippen LogP contribution < -0.4 is 10.5 Å². The van der Waals surface area contributed by atoms with Crippen molar-refractivity contribution >= 4 is 17.2 Å². The molecule has 19 heavy (non-hydrogen) atoms. The molecule has 0 aliphatic heterocycles. The van der Waals surface area contributed by atoms with Gasteiger partial charge in [-0.25, -0.2) is 8.78 Å². The second kappa shape index (κ2) is 5.71. The minimum Gasteiger partial charge on any atom is -0.486 e. The summed E-state index contributed by atoms with van der Waals surface area (Å²) >= 11 is 4.81. The highest BCUT2D eigenvalue weighted by atomic mass is 32.1. The standard InChI is InChI=1S/C13H10F2N2OS/c14-9-1-2-12(10(15)6-9)18-7-8-3-4-17-11(5-8)13(16)19/h1-6H,7H2,(H2,16,19). The first-order chi connectivity index (χ1) is 9.06. The van der Waals surface area contributed by atoms with E-state index in [0.29, 0.717) is 5.69 Å². The highest BCUT2D eigenvalue weighted by molar-refractivity contribution is 7.80. The molecule has 0 spiro atoms. The first-order valence-corrected chi connectivity index (χ1v) is 5.79. The molecule has 0 fully saturated rings. The van der Waals surface area contributed by atoms with Gasteiger partial charge in [-0.05, 0) is 29.8 Å². The predicted octanol–water partition coefficient (Wildman–Crippen LogP) is 2.57. The fraction of sp³-hybridized carbons (Fsp3) is 0.0769. The maximum Gasteiger partial charge on any atom is 0.167 e. The summed E-state index contributed by atoms with van der Waals surface area (Å²) in [6.07, 6.45) is 1.54. The molecule has 2 N–H and O–H groups in total. The third kappa shape index (κ3) is 3.45. The quantitative estimate of drug-likeness (QED) is 0.874. The average molecular weight is 280 g/mol. The Morgan fingerprint density at radius 3 is 2.74 bits per heavy atom. The van der Waals surface area contributed by atoms with Gasteiger partial charge in [0.1, 0.15) is 17.4 Å². The van der Waals surface area contributed by atoms with Crippen LogP contribution in [0.25, 0.3) is 0 Å². The summed E-state index contributed by atoms with van der Waals surface area (Å²) in [5.74, 6) is -1.41. The van der Waals surface area contributed by atoms with Gasteiger partial charge in [0.2, 0.25) is 0 Å². The van der Waals surface area contributed by atoms with Gasteiger partial charge in [0.15, 0.2) is 11.6 Å². The number of pyridine rings is 1. The van der Waals surface area contributed by atoms with E-state index in [1.807, 2.05) is 0 Å². The lowest BCUT2D eigenvalue weighted by molar-refractivity contribution is 0.289. The second-order valence-corrected chi connectivity index (χ2v) is 4.22. The number of halogens is 2. The van der Waals surface area contributed by atoms with Gasteiger partial charge in [0.25, 0.3) is 0 Å². The number of aromatic nitrogens is 1. The molecule has 3 nitrogen and oxygen atoms in total. The minimum atomic E-state index is -0.747. The van der Waals surface area contributed by atoms with E-state index in [0.717, 1.165) is 17.7 Å². The van der Waals surface area contributed by atoms with Crippen LogP contribution >= 0.6 is 12.2 Å². The number of hydrogen-bond donors (Lipinski definition) is 1. The fourth-order valence-corrected chi connectivity index (χ4v) is 1.56. The van der Waals surface area contributed by atoms with E-state index in [4.69, 9.17) is 22.7 Å². The summed E-state index contributed by atoms with van der Waals surface area (Å²) < 4.78 is 31.3. The van der Waals surface area contributed by atoms with Crippen molar-refractivity contribution in [1.29, 1.82) is 0 Å². The Kier molecular flexibility index (Phi) is 4.01. The summed E-state index contributed by atoms with van der Waals surface area (Å²) in [7, 11) is 0. The molecule has 0 saturated carbocycles. The molecular formula is C13H10F2N2OS. The lowest BCUT2D eigenvalue weighted by Gasteiger charge is -2.08. The van der Waals surface area contributed by atoms with Crippen LogP contribution in [0.5, 0.6) is 5.75 Å². The average Bonchev–Trinajstić information content (AvgIpc) is 2.38. The van der Waals surface area contributed by atoms with Crippen molar-refractivity contribution in [2.45, 2.75) is 6.61 Å². The molecule has 98 valence electrons. The molecular weight excluding hydrogens is 270 g/mol. The van der Waals surface area contributed by atoms with Gasteiger partial charge in [-0.15, -0.1) is 0 Å². The molecule has 6 heteroatoms. The zero-order chi connectivity index (χ0) is 13.8. The Hall–Kier alpha value is -2.08. The van der Waals surface area contributed by atoms with Gasteiger partial charge in [0.05, 0.1) is 5.69 Å². The SMILES string of the molecule is NC(=S)c1cc(COc2ccc(F)cc2F)ccn1. The molecule has 0 aliphatic rings. The van der Waals surface area contributed by atoms with Crippen molar-refractivity contribution in [3.8, 4) is 5.75 Å². The normalized spacial score (nSPS) is 10.2. The van der Waals surface area contributed by atoms with Crippen LogP contribution in [0.3, 0.4) is 0 Å². The number of hydrogen-bond acceptors (Lipinski definition) is 3. The van der Waals surface area contributed by atoms with Gasteiger partial charge < -0.3 is 10.5 Å². The first-order valence-electron chi connectivity index (χ1n) is 5.39. The summed E-state index contributed by atoms with van der Waals surface area (Å²) in [5.41, 5.74) is 6.66. The molecule has 1 aromatic heterocycles. The third-order valence-electron chi connectivity index (χ3n) is 2.37. The molecule has 2 rings (SSSR count). The van der Waals surface area contributed by atoms with E-state index in [9.17, 15) is 8.78 Å². The molecule has 0 radical (unpaired) electrons. The van der Waals surface area contributed by atoms with E-state index in [1.54, 1.807) is 12.1 Å². The minimum absolute atomic E-state index is 0.0184. The number of nitrogens with two attached hydrogens (primary N) is 1. The Morgan fingerprint density at radius 1 is 1.26 bits per heavy atom. The van der Waals surface area contributed by atoms with Crippen LogP contribution in [0, 0.1) is 11.6 Å². The molecule has 0 bridgehead atoms. The largest absolute Gasteiger partial charge is 0.486 e. The third-order valence-corrected chi connectivity index (χ3v) is 2.57. The number of rotatable bonds is 4. The van der Waals surface area contributed by atoms with E-state index < -0.39 is 11.6 Å². The second-order valence-electron chi connectivity index (χ2n) is 3.78. The van der Waals surface area contributed by atoms with E-state index in [2.05, 4.69) is 4.98 Å². The molecule has 0 unspecified atom stereocenters. The molecule has 1 aromatic carbocycles. The maximum atomic E-state index is 13.3. The summed E-state index contributed by atoms with van der Waals surface area (Å²) in [6.45, 7) is 0.112. The first kappa shape index (κ1) is 13.4. The Balaban J connectivity index is 2.10. The summed E-state index contributed by atoms with van der Waals surface area (Å²) in [6, 6.07) is 6.49. The Morgan fingerprint density at radius 2 is 2.05 bits per heavy atom. The lowest BCUT2D eigenvalue weighted by Crippen LogP contribution is -2.12. The number of benzene rings is 1. The molecule has 0 saturated heterocycles. The number of ether oxygens (including phenoxy) is 1. The molecule has 2 aromatic rings. The predicted molar refractivity (Wildman–Crippen MR) is 70.8 cm³/mol. The van der Waals surface area contributed by atoms with Crippen molar-refractivity contribution in [3.63, 3.8) is 0 Å². The van der Waals surface area contributed by atoms with Crippen LogP contribution in [-0.2, 0) is 6.61 Å². The zero-order valence-electron chi connectivity index (χ0n) is 9.77. The fourth-order valence-electron chi connectivity index (χ4n) is 1.45. The smallest absolute Gasteiger partial charge is 0.167 e. The molecule has 0 aliphatic carbocycles. The topological polar surface area (TPSA) is 48.1 Å². The van der Waals surface area contributed by atoms with Crippen molar-refractivity contribution in [1.82, 2.24) is 4.98 Å². The highest BCUT2D eigenvalue weighted by Crippen LogP contribution is 2.19. The summed E-state index contributed by atoms with van der Waals surface area (Å²) in [4.78, 5) is 4.15.